The average Bonchev–Trinajstić information content (AvgIpc) is 2.37. The molecular weight excluding hydrogens is 268 g/mol. The molecule has 1 amide bonds. The molecule has 5 heteroatoms. The van der Waals surface area contributed by atoms with Crippen molar-refractivity contribution in [1.29, 1.82) is 0 Å². The fraction of sp³-hybridized carbons (Fsp3) is 0.462. The van der Waals surface area contributed by atoms with Gasteiger partial charge in [-0.15, -0.1) is 24.2 Å². The van der Waals surface area contributed by atoms with E-state index in [0.29, 0.717) is 11.8 Å². The van der Waals surface area contributed by atoms with E-state index in [9.17, 15) is 4.79 Å². The molecule has 0 spiro atoms. The minimum Gasteiger partial charge on any atom is -0.339 e. The number of piperazine rings is 1. The van der Waals surface area contributed by atoms with Gasteiger partial charge in [0.2, 0.25) is 5.91 Å². The van der Waals surface area contributed by atoms with Crippen molar-refractivity contribution < 1.29 is 4.79 Å². The lowest BCUT2D eigenvalue weighted by molar-refractivity contribution is -0.129. The van der Waals surface area contributed by atoms with Crippen LogP contribution in [0.5, 0.6) is 0 Å². The number of halogens is 1. The van der Waals surface area contributed by atoms with Gasteiger partial charge in [-0.1, -0.05) is 18.2 Å². The topological polar surface area (TPSA) is 32.3 Å². The van der Waals surface area contributed by atoms with E-state index in [1.165, 1.54) is 0 Å². The first kappa shape index (κ1) is 15.3. The van der Waals surface area contributed by atoms with Crippen molar-refractivity contribution in [3.8, 4) is 0 Å². The van der Waals surface area contributed by atoms with Gasteiger partial charge in [0, 0.05) is 30.6 Å². The maximum Gasteiger partial charge on any atom is 0.233 e. The van der Waals surface area contributed by atoms with Crippen molar-refractivity contribution in [3.63, 3.8) is 0 Å². The summed E-state index contributed by atoms with van der Waals surface area (Å²) in [7, 11) is 0. The number of amides is 1. The molecule has 1 aliphatic heterocycles. The van der Waals surface area contributed by atoms with Gasteiger partial charge in [-0.2, -0.15) is 0 Å². The molecule has 1 N–H and O–H groups in total. The Hall–Kier alpha value is -0.710. The highest BCUT2D eigenvalue weighted by Crippen LogP contribution is 2.17. The zero-order valence-corrected chi connectivity index (χ0v) is 12.1. The summed E-state index contributed by atoms with van der Waals surface area (Å²) in [5, 5.41) is 3.34. The molecule has 1 fully saturated rings. The number of hydrogen-bond donors (Lipinski definition) is 1. The van der Waals surface area contributed by atoms with Gasteiger partial charge >= 0.3 is 0 Å². The summed E-state index contributed by atoms with van der Waals surface area (Å²) >= 11 is 1.61. The van der Waals surface area contributed by atoms with Crippen LogP contribution in [0.4, 0.5) is 0 Å². The first-order valence-electron chi connectivity index (χ1n) is 5.95. The second-order valence-electron chi connectivity index (χ2n) is 4.30. The number of rotatable bonds is 3. The molecular formula is C13H19ClN2OS. The van der Waals surface area contributed by atoms with Crippen LogP contribution in [0.2, 0.25) is 0 Å². The molecule has 0 aliphatic carbocycles. The van der Waals surface area contributed by atoms with Gasteiger partial charge in [-0.25, -0.2) is 0 Å². The highest BCUT2D eigenvalue weighted by Gasteiger charge is 2.19. The largest absolute Gasteiger partial charge is 0.339 e. The van der Waals surface area contributed by atoms with Crippen molar-refractivity contribution in [3.05, 3.63) is 30.3 Å². The summed E-state index contributed by atoms with van der Waals surface area (Å²) in [4.78, 5) is 15.1. The molecule has 2 rings (SSSR count). The number of carbonyl (C=O) groups is 1. The van der Waals surface area contributed by atoms with Gasteiger partial charge < -0.3 is 10.2 Å². The Morgan fingerprint density at radius 2 is 2.17 bits per heavy atom. The molecule has 0 bridgehead atoms. The normalized spacial score (nSPS) is 19.2. The van der Waals surface area contributed by atoms with Crippen molar-refractivity contribution in [2.75, 3.05) is 25.4 Å². The Kier molecular flexibility index (Phi) is 6.54. The first-order valence-corrected chi connectivity index (χ1v) is 6.93. The molecule has 1 atom stereocenters. The number of carbonyl (C=O) groups excluding carboxylic acids is 1. The molecule has 1 aliphatic rings. The summed E-state index contributed by atoms with van der Waals surface area (Å²) in [6, 6.07) is 10.5. The fourth-order valence-electron chi connectivity index (χ4n) is 1.91. The van der Waals surface area contributed by atoms with Crippen LogP contribution in [0, 0.1) is 0 Å². The maximum atomic E-state index is 12.0. The highest BCUT2D eigenvalue weighted by molar-refractivity contribution is 8.00. The smallest absolute Gasteiger partial charge is 0.233 e. The second kappa shape index (κ2) is 7.67. The van der Waals surface area contributed by atoms with Crippen LogP contribution in [-0.4, -0.2) is 42.2 Å². The summed E-state index contributed by atoms with van der Waals surface area (Å²) in [5.41, 5.74) is 0. The monoisotopic (exact) mass is 286 g/mol. The molecule has 0 saturated carbocycles. The summed E-state index contributed by atoms with van der Waals surface area (Å²) in [5.74, 6) is 0.781. The molecule has 0 unspecified atom stereocenters. The minimum absolute atomic E-state index is 0. The Morgan fingerprint density at radius 3 is 2.83 bits per heavy atom. The maximum absolute atomic E-state index is 12.0. The van der Waals surface area contributed by atoms with Crippen LogP contribution < -0.4 is 5.32 Å². The van der Waals surface area contributed by atoms with Gasteiger partial charge in [0.25, 0.3) is 0 Å². The molecule has 1 heterocycles. The lowest BCUT2D eigenvalue weighted by Gasteiger charge is -2.31. The van der Waals surface area contributed by atoms with Crippen LogP contribution in [0.25, 0.3) is 0 Å². The Labute approximate surface area is 119 Å². The second-order valence-corrected chi connectivity index (χ2v) is 5.35. The molecule has 1 aromatic carbocycles. The van der Waals surface area contributed by atoms with Crippen molar-refractivity contribution in [2.45, 2.75) is 17.9 Å². The highest BCUT2D eigenvalue weighted by atomic mass is 35.5. The standard InChI is InChI=1S/C13H18N2OS.ClH/c1-11-9-15(8-7-14-11)13(16)10-17-12-5-3-2-4-6-12;/h2-6,11,14H,7-10H2,1H3;1H/t11-;/m1./s1. The van der Waals surface area contributed by atoms with E-state index in [4.69, 9.17) is 0 Å². The molecule has 0 radical (unpaired) electrons. The number of nitrogens with zero attached hydrogens (tertiary/aromatic N) is 1. The van der Waals surface area contributed by atoms with E-state index >= 15 is 0 Å². The Morgan fingerprint density at radius 1 is 1.44 bits per heavy atom. The quantitative estimate of drug-likeness (QED) is 0.863. The van der Waals surface area contributed by atoms with E-state index in [1.54, 1.807) is 11.8 Å². The van der Waals surface area contributed by atoms with Crippen molar-refractivity contribution in [1.82, 2.24) is 10.2 Å². The molecule has 100 valence electrons. The van der Waals surface area contributed by atoms with E-state index in [2.05, 4.69) is 12.2 Å². The molecule has 1 aromatic rings. The third-order valence-electron chi connectivity index (χ3n) is 2.83. The van der Waals surface area contributed by atoms with Crippen LogP contribution in [-0.2, 0) is 4.79 Å². The summed E-state index contributed by atoms with van der Waals surface area (Å²) in [6.45, 7) is 4.68. The van der Waals surface area contributed by atoms with Crippen molar-refractivity contribution in [2.24, 2.45) is 0 Å². The van der Waals surface area contributed by atoms with Crippen molar-refractivity contribution >= 4 is 30.1 Å². The number of thioether (sulfide) groups is 1. The average molecular weight is 287 g/mol. The number of hydrogen-bond acceptors (Lipinski definition) is 3. The lowest BCUT2D eigenvalue weighted by Crippen LogP contribution is -2.51. The third-order valence-corrected chi connectivity index (χ3v) is 3.82. The van der Waals surface area contributed by atoms with E-state index < -0.39 is 0 Å². The summed E-state index contributed by atoms with van der Waals surface area (Å²) in [6.07, 6.45) is 0. The SMILES string of the molecule is C[C@@H]1CN(C(=O)CSc2ccccc2)CCN1.Cl. The van der Waals surface area contributed by atoms with Gasteiger partial charge in [0.05, 0.1) is 5.75 Å². The molecule has 0 aromatic heterocycles. The van der Waals surface area contributed by atoms with E-state index in [1.807, 2.05) is 35.2 Å². The predicted molar refractivity (Wildman–Crippen MR) is 78.5 cm³/mol. The first-order chi connectivity index (χ1) is 8.25. The number of nitrogens with one attached hydrogen (secondary N) is 1. The summed E-state index contributed by atoms with van der Waals surface area (Å²) < 4.78 is 0. The zero-order chi connectivity index (χ0) is 12.1. The van der Waals surface area contributed by atoms with Crippen LogP contribution in [0.1, 0.15) is 6.92 Å². The third kappa shape index (κ3) is 4.52. The zero-order valence-electron chi connectivity index (χ0n) is 10.5. The van der Waals surface area contributed by atoms with Gasteiger partial charge in [0.1, 0.15) is 0 Å². The number of benzene rings is 1. The van der Waals surface area contributed by atoms with Crippen LogP contribution in [0.15, 0.2) is 35.2 Å². The molecule has 18 heavy (non-hydrogen) atoms. The van der Waals surface area contributed by atoms with Gasteiger partial charge in [0.15, 0.2) is 0 Å². The Bertz CT molecular complexity index is 375. The predicted octanol–water partition coefficient (Wildman–Crippen LogP) is 2.02. The minimum atomic E-state index is 0. The molecule has 3 nitrogen and oxygen atoms in total. The van der Waals surface area contributed by atoms with E-state index in [0.717, 1.165) is 24.5 Å². The Balaban J connectivity index is 0.00000162. The van der Waals surface area contributed by atoms with Gasteiger partial charge in [-0.05, 0) is 19.1 Å². The van der Waals surface area contributed by atoms with Gasteiger partial charge in [-0.3, -0.25) is 4.79 Å². The molecule has 1 saturated heterocycles. The lowest BCUT2D eigenvalue weighted by atomic mass is 10.2. The fourth-order valence-corrected chi connectivity index (χ4v) is 2.73. The van der Waals surface area contributed by atoms with Crippen LogP contribution >= 0.6 is 24.2 Å². The van der Waals surface area contributed by atoms with E-state index in [-0.39, 0.29) is 18.3 Å². The van der Waals surface area contributed by atoms with Crippen LogP contribution in [0.3, 0.4) is 0 Å².